The molecule has 0 aromatic heterocycles. The van der Waals surface area contributed by atoms with E-state index in [0.717, 1.165) is 19.6 Å². The van der Waals surface area contributed by atoms with Gasteiger partial charge in [0, 0.05) is 26.2 Å². The van der Waals surface area contributed by atoms with Gasteiger partial charge in [-0.2, -0.15) is 0 Å². The lowest BCUT2D eigenvalue weighted by molar-refractivity contribution is -0.123. The molecule has 25 heavy (non-hydrogen) atoms. The summed E-state index contributed by atoms with van der Waals surface area (Å²) in [6.07, 6.45) is 0. The van der Waals surface area contributed by atoms with Crippen LogP contribution in [0, 0.1) is 5.92 Å². The highest BCUT2D eigenvalue weighted by Gasteiger charge is 2.48. The molecule has 0 saturated carbocycles. The molecule has 0 aliphatic carbocycles. The number of nitrogens with one attached hydrogen (secondary N) is 2. The van der Waals surface area contributed by atoms with Gasteiger partial charge >= 0.3 is 0 Å². The maximum atomic E-state index is 13.4. The van der Waals surface area contributed by atoms with E-state index in [2.05, 4.69) is 29.4 Å². The van der Waals surface area contributed by atoms with Crippen molar-refractivity contribution in [3.05, 3.63) is 29.8 Å². The van der Waals surface area contributed by atoms with Gasteiger partial charge in [0.25, 0.3) is 5.91 Å². The highest BCUT2D eigenvalue weighted by molar-refractivity contribution is 6.07. The number of benzene rings is 1. The highest BCUT2D eigenvalue weighted by atomic mass is 16.2. The summed E-state index contributed by atoms with van der Waals surface area (Å²) in [4.78, 5) is 30.3. The SMILES string of the molecule is CCN(CC)CCN1C(=O)[C@@H]2CNC[C@]2(C)NC(=O)c2ccccc21. The van der Waals surface area contributed by atoms with Gasteiger partial charge in [0.15, 0.2) is 0 Å². The Bertz CT molecular complexity index is 659. The number of para-hydroxylation sites is 1. The smallest absolute Gasteiger partial charge is 0.253 e. The number of amides is 2. The molecule has 6 nitrogen and oxygen atoms in total. The number of hydrogen-bond acceptors (Lipinski definition) is 4. The normalized spacial score (nSPS) is 26.1. The fourth-order valence-electron chi connectivity index (χ4n) is 3.86. The summed E-state index contributed by atoms with van der Waals surface area (Å²) in [6.45, 7) is 10.7. The van der Waals surface area contributed by atoms with Crippen molar-refractivity contribution in [3.63, 3.8) is 0 Å². The zero-order chi connectivity index (χ0) is 18.0. The van der Waals surface area contributed by atoms with E-state index in [1.165, 1.54) is 0 Å². The van der Waals surface area contributed by atoms with Crippen LogP contribution >= 0.6 is 0 Å². The molecule has 6 heteroatoms. The number of rotatable bonds is 5. The Morgan fingerprint density at radius 1 is 1.24 bits per heavy atom. The van der Waals surface area contributed by atoms with Crippen LogP contribution in [0.4, 0.5) is 5.69 Å². The number of fused-ring (bicyclic) bond motifs is 2. The molecule has 1 saturated heterocycles. The van der Waals surface area contributed by atoms with Gasteiger partial charge in [0.2, 0.25) is 5.91 Å². The lowest BCUT2D eigenvalue weighted by atomic mass is 9.86. The molecular formula is C19H28N4O2. The highest BCUT2D eigenvalue weighted by Crippen LogP contribution is 2.31. The summed E-state index contributed by atoms with van der Waals surface area (Å²) in [7, 11) is 0. The molecule has 3 rings (SSSR count). The molecule has 136 valence electrons. The number of anilines is 1. The minimum Gasteiger partial charge on any atom is -0.345 e. The second kappa shape index (κ2) is 7.14. The zero-order valence-corrected chi connectivity index (χ0v) is 15.3. The van der Waals surface area contributed by atoms with Gasteiger partial charge in [0.1, 0.15) is 0 Å². The summed E-state index contributed by atoms with van der Waals surface area (Å²) in [5.41, 5.74) is 0.739. The number of carbonyl (C=O) groups excluding carboxylic acids is 2. The predicted molar refractivity (Wildman–Crippen MR) is 98.8 cm³/mol. The fourth-order valence-corrected chi connectivity index (χ4v) is 3.86. The van der Waals surface area contributed by atoms with Crippen molar-refractivity contribution in [2.45, 2.75) is 26.3 Å². The minimum absolute atomic E-state index is 0.0899. The average molecular weight is 344 g/mol. The molecule has 2 heterocycles. The van der Waals surface area contributed by atoms with Crippen LogP contribution in [0.2, 0.25) is 0 Å². The van der Waals surface area contributed by atoms with E-state index < -0.39 is 5.54 Å². The van der Waals surface area contributed by atoms with E-state index in [-0.39, 0.29) is 17.7 Å². The van der Waals surface area contributed by atoms with Crippen LogP contribution in [-0.4, -0.2) is 61.5 Å². The van der Waals surface area contributed by atoms with E-state index in [9.17, 15) is 9.59 Å². The molecule has 1 aromatic carbocycles. The molecule has 2 atom stereocenters. The summed E-state index contributed by atoms with van der Waals surface area (Å²) in [5, 5.41) is 6.37. The number of nitrogens with zero attached hydrogens (tertiary/aromatic N) is 2. The first-order chi connectivity index (χ1) is 12.0. The Balaban J connectivity index is 1.99. The molecular weight excluding hydrogens is 316 g/mol. The quantitative estimate of drug-likeness (QED) is 0.839. The lowest BCUT2D eigenvalue weighted by Crippen LogP contribution is -2.59. The van der Waals surface area contributed by atoms with Gasteiger partial charge in [-0.3, -0.25) is 9.59 Å². The topological polar surface area (TPSA) is 64.7 Å². The van der Waals surface area contributed by atoms with Crippen molar-refractivity contribution in [1.29, 1.82) is 0 Å². The van der Waals surface area contributed by atoms with Crippen LogP contribution in [0.3, 0.4) is 0 Å². The van der Waals surface area contributed by atoms with Crippen molar-refractivity contribution in [3.8, 4) is 0 Å². The number of hydrogen-bond donors (Lipinski definition) is 2. The summed E-state index contributed by atoms with van der Waals surface area (Å²) >= 11 is 0. The Morgan fingerprint density at radius 2 is 1.96 bits per heavy atom. The third-order valence-electron chi connectivity index (χ3n) is 5.55. The number of likely N-dealkylation sites (N-methyl/N-ethyl adjacent to an activating group) is 1. The summed E-state index contributed by atoms with van der Waals surface area (Å²) in [6, 6.07) is 7.41. The van der Waals surface area contributed by atoms with Gasteiger partial charge in [-0.1, -0.05) is 26.0 Å². The Morgan fingerprint density at radius 3 is 2.68 bits per heavy atom. The monoisotopic (exact) mass is 344 g/mol. The molecule has 0 spiro atoms. The molecule has 0 bridgehead atoms. The van der Waals surface area contributed by atoms with E-state index in [1.807, 2.05) is 30.0 Å². The van der Waals surface area contributed by atoms with Crippen LogP contribution < -0.4 is 15.5 Å². The molecule has 2 aliphatic heterocycles. The van der Waals surface area contributed by atoms with Crippen molar-refractivity contribution >= 4 is 17.5 Å². The van der Waals surface area contributed by atoms with Gasteiger partial charge in [0.05, 0.1) is 22.7 Å². The van der Waals surface area contributed by atoms with Gasteiger partial charge in [-0.15, -0.1) is 0 Å². The zero-order valence-electron chi connectivity index (χ0n) is 15.3. The molecule has 1 fully saturated rings. The maximum absolute atomic E-state index is 13.4. The molecule has 0 radical (unpaired) electrons. The molecule has 2 N–H and O–H groups in total. The molecule has 1 aromatic rings. The first-order valence-electron chi connectivity index (χ1n) is 9.16. The van der Waals surface area contributed by atoms with Gasteiger partial charge in [-0.25, -0.2) is 0 Å². The molecule has 0 unspecified atom stereocenters. The maximum Gasteiger partial charge on any atom is 0.253 e. The van der Waals surface area contributed by atoms with Crippen LogP contribution in [0.25, 0.3) is 0 Å². The third-order valence-corrected chi connectivity index (χ3v) is 5.55. The first-order valence-corrected chi connectivity index (χ1v) is 9.16. The second-order valence-corrected chi connectivity index (χ2v) is 7.09. The van der Waals surface area contributed by atoms with Crippen LogP contribution in [-0.2, 0) is 4.79 Å². The fraction of sp³-hybridized carbons (Fsp3) is 0.579. The van der Waals surface area contributed by atoms with E-state index >= 15 is 0 Å². The third kappa shape index (κ3) is 3.28. The van der Waals surface area contributed by atoms with Crippen molar-refractivity contribution in [1.82, 2.24) is 15.5 Å². The van der Waals surface area contributed by atoms with Gasteiger partial charge < -0.3 is 20.4 Å². The Labute approximate surface area is 149 Å². The van der Waals surface area contributed by atoms with Crippen LogP contribution in [0.5, 0.6) is 0 Å². The first kappa shape index (κ1) is 17.9. The largest absolute Gasteiger partial charge is 0.345 e. The van der Waals surface area contributed by atoms with E-state index in [1.54, 1.807) is 6.07 Å². The molecule has 2 amide bonds. The average Bonchev–Trinajstić information content (AvgIpc) is 2.98. The Kier molecular flexibility index (Phi) is 5.11. The number of carbonyl (C=O) groups is 2. The predicted octanol–water partition coefficient (Wildman–Crippen LogP) is 1.08. The van der Waals surface area contributed by atoms with Crippen molar-refractivity contribution in [2.24, 2.45) is 5.92 Å². The minimum atomic E-state index is -0.546. The van der Waals surface area contributed by atoms with E-state index in [0.29, 0.717) is 30.9 Å². The van der Waals surface area contributed by atoms with Crippen LogP contribution in [0.15, 0.2) is 24.3 Å². The van der Waals surface area contributed by atoms with Crippen molar-refractivity contribution in [2.75, 3.05) is 44.2 Å². The van der Waals surface area contributed by atoms with Crippen molar-refractivity contribution < 1.29 is 9.59 Å². The molecule has 2 aliphatic rings. The van der Waals surface area contributed by atoms with Gasteiger partial charge in [-0.05, 0) is 32.1 Å². The second-order valence-electron chi connectivity index (χ2n) is 7.09. The lowest BCUT2D eigenvalue weighted by Gasteiger charge is -2.38. The summed E-state index contributed by atoms with van der Waals surface area (Å²) < 4.78 is 0. The standard InChI is InChI=1S/C19H28N4O2/c1-4-22(5-2)10-11-23-16-9-7-6-8-14(16)17(24)21-19(3)13-20-12-15(19)18(23)25/h6-9,15,20H,4-5,10-13H2,1-3H3,(H,21,24)/t15-,19-/m0/s1. The Hall–Kier alpha value is -1.92. The van der Waals surface area contributed by atoms with Crippen LogP contribution in [0.1, 0.15) is 31.1 Å². The summed E-state index contributed by atoms with van der Waals surface area (Å²) in [5.74, 6) is -0.263. The van der Waals surface area contributed by atoms with E-state index in [4.69, 9.17) is 0 Å².